The number of carbonyl (C=O) groups excluding carboxylic acids is 3. The largest absolute Gasteiger partial charge is 0.495 e. The van der Waals surface area contributed by atoms with Crippen molar-refractivity contribution in [2.75, 3.05) is 23.1 Å². The van der Waals surface area contributed by atoms with Crippen LogP contribution in [0.5, 0.6) is 5.75 Å². The number of thioether (sulfide) groups is 1. The Kier molecular flexibility index (Phi) is 6.03. The van der Waals surface area contributed by atoms with E-state index in [1.54, 1.807) is 42.5 Å². The number of hydrogen-bond acceptors (Lipinski definition) is 5. The summed E-state index contributed by atoms with van der Waals surface area (Å²) in [5, 5.41) is 2.54. The molecule has 2 aromatic carbocycles. The molecule has 0 radical (unpaired) electrons. The fraction of sp³-hybridized carbons (Fsp3) is 0.211. The Morgan fingerprint density at radius 3 is 2.67 bits per heavy atom. The summed E-state index contributed by atoms with van der Waals surface area (Å²) >= 11 is 7.19. The molecule has 3 amide bonds. The number of nitrogens with one attached hydrogen (secondary N) is 1. The highest BCUT2D eigenvalue weighted by molar-refractivity contribution is 8.01. The number of imide groups is 1. The van der Waals surface area contributed by atoms with Crippen molar-refractivity contribution in [3.63, 3.8) is 0 Å². The van der Waals surface area contributed by atoms with Gasteiger partial charge in [-0.3, -0.25) is 14.4 Å². The minimum Gasteiger partial charge on any atom is -0.495 e. The highest BCUT2D eigenvalue weighted by Gasteiger charge is 2.39. The lowest BCUT2D eigenvalue weighted by Crippen LogP contribution is -2.31. The Bertz CT molecular complexity index is 875. The molecule has 6 nitrogen and oxygen atoms in total. The zero-order valence-corrected chi connectivity index (χ0v) is 16.0. The van der Waals surface area contributed by atoms with Crippen LogP contribution >= 0.6 is 23.4 Å². The number of rotatable bonds is 6. The normalized spacial score (nSPS) is 16.5. The number of benzene rings is 2. The van der Waals surface area contributed by atoms with Gasteiger partial charge in [-0.15, -0.1) is 11.8 Å². The van der Waals surface area contributed by atoms with Gasteiger partial charge in [0, 0.05) is 12.1 Å². The van der Waals surface area contributed by atoms with Crippen LogP contribution in [0.2, 0.25) is 5.02 Å². The number of nitrogens with zero attached hydrogens (tertiary/aromatic N) is 1. The molecule has 2 aromatic rings. The second-order valence-electron chi connectivity index (χ2n) is 5.80. The molecule has 27 heavy (non-hydrogen) atoms. The molecule has 0 saturated carbocycles. The van der Waals surface area contributed by atoms with Crippen molar-refractivity contribution in [1.29, 1.82) is 0 Å². The van der Waals surface area contributed by atoms with Crippen LogP contribution < -0.4 is 15.0 Å². The molecule has 1 N–H and O–H groups in total. The lowest BCUT2D eigenvalue weighted by Gasteiger charge is -2.14. The first-order chi connectivity index (χ1) is 13.0. The third kappa shape index (κ3) is 4.43. The summed E-state index contributed by atoms with van der Waals surface area (Å²) in [6.07, 6.45) is 0.0834. The molecule has 1 aliphatic heterocycles. The average Bonchev–Trinajstić information content (AvgIpc) is 2.94. The standard InChI is InChI=1S/C19H17ClN2O4S/c1-26-15-8-7-12(9-14(15)20)21-17(23)11-27-16-10-18(24)22(19(16)25)13-5-3-2-4-6-13/h2-9,16H,10-11H2,1H3,(H,21,23)/t16-/m0/s1. The molecule has 1 saturated heterocycles. The third-order valence-electron chi connectivity index (χ3n) is 3.97. The van der Waals surface area contributed by atoms with Gasteiger partial charge in [0.1, 0.15) is 5.75 Å². The average molecular weight is 405 g/mol. The van der Waals surface area contributed by atoms with E-state index >= 15 is 0 Å². The molecule has 0 spiro atoms. The van der Waals surface area contributed by atoms with Crippen molar-refractivity contribution in [1.82, 2.24) is 0 Å². The Morgan fingerprint density at radius 2 is 2.00 bits per heavy atom. The van der Waals surface area contributed by atoms with Crippen LogP contribution in [0.25, 0.3) is 0 Å². The molecule has 0 aliphatic carbocycles. The Labute approximate surface area is 165 Å². The molecule has 0 unspecified atom stereocenters. The maximum absolute atomic E-state index is 12.5. The van der Waals surface area contributed by atoms with Gasteiger partial charge < -0.3 is 10.1 Å². The molecular formula is C19H17ClN2O4S. The minimum atomic E-state index is -0.567. The Balaban J connectivity index is 1.57. The van der Waals surface area contributed by atoms with E-state index in [1.807, 2.05) is 6.07 Å². The van der Waals surface area contributed by atoms with Crippen LogP contribution in [0, 0.1) is 0 Å². The maximum Gasteiger partial charge on any atom is 0.247 e. The summed E-state index contributed by atoms with van der Waals surface area (Å²) in [5.74, 6) is -0.266. The molecule has 0 bridgehead atoms. The van der Waals surface area contributed by atoms with Gasteiger partial charge in [0.15, 0.2) is 0 Å². The van der Waals surface area contributed by atoms with Gasteiger partial charge in [-0.05, 0) is 30.3 Å². The number of methoxy groups -OCH3 is 1. The van der Waals surface area contributed by atoms with Gasteiger partial charge in [0.2, 0.25) is 17.7 Å². The quantitative estimate of drug-likeness (QED) is 0.747. The van der Waals surface area contributed by atoms with Crippen LogP contribution in [0.4, 0.5) is 11.4 Å². The second-order valence-corrected chi connectivity index (χ2v) is 7.40. The number of halogens is 1. The SMILES string of the molecule is COc1ccc(NC(=O)CS[C@H]2CC(=O)N(c3ccccc3)C2=O)cc1Cl. The number of carbonyl (C=O) groups is 3. The number of anilines is 2. The molecule has 1 fully saturated rings. The van der Waals surface area contributed by atoms with E-state index < -0.39 is 5.25 Å². The van der Waals surface area contributed by atoms with Crippen molar-refractivity contribution < 1.29 is 19.1 Å². The number of hydrogen-bond donors (Lipinski definition) is 1. The van der Waals surface area contributed by atoms with Gasteiger partial charge in [-0.2, -0.15) is 0 Å². The monoisotopic (exact) mass is 404 g/mol. The van der Waals surface area contributed by atoms with E-state index in [0.717, 1.165) is 11.8 Å². The van der Waals surface area contributed by atoms with Crippen molar-refractivity contribution in [3.05, 3.63) is 53.6 Å². The van der Waals surface area contributed by atoms with Crippen LogP contribution in [-0.4, -0.2) is 35.8 Å². The van der Waals surface area contributed by atoms with Crippen molar-refractivity contribution >= 4 is 52.5 Å². The van der Waals surface area contributed by atoms with E-state index in [1.165, 1.54) is 12.0 Å². The smallest absolute Gasteiger partial charge is 0.247 e. The van der Waals surface area contributed by atoms with E-state index in [2.05, 4.69) is 5.32 Å². The summed E-state index contributed by atoms with van der Waals surface area (Å²) in [6.45, 7) is 0. The van der Waals surface area contributed by atoms with Gasteiger partial charge >= 0.3 is 0 Å². The summed E-state index contributed by atoms with van der Waals surface area (Å²) in [4.78, 5) is 38.1. The zero-order chi connectivity index (χ0) is 19.4. The first-order valence-corrected chi connectivity index (χ1v) is 9.59. The lowest BCUT2D eigenvalue weighted by atomic mass is 10.3. The van der Waals surface area contributed by atoms with E-state index in [9.17, 15) is 14.4 Å². The highest BCUT2D eigenvalue weighted by Crippen LogP contribution is 2.30. The minimum absolute atomic E-state index is 0.0516. The van der Waals surface area contributed by atoms with E-state index in [0.29, 0.717) is 22.1 Å². The zero-order valence-electron chi connectivity index (χ0n) is 14.5. The summed E-state index contributed by atoms with van der Waals surface area (Å²) in [7, 11) is 1.51. The molecule has 1 aliphatic rings. The van der Waals surface area contributed by atoms with Crippen LogP contribution in [0.15, 0.2) is 48.5 Å². The number of para-hydroxylation sites is 1. The maximum atomic E-state index is 12.5. The molecule has 0 aromatic heterocycles. The Hall–Kier alpha value is -2.51. The van der Waals surface area contributed by atoms with Gasteiger partial charge in [0.05, 0.1) is 28.8 Å². The van der Waals surface area contributed by atoms with Crippen molar-refractivity contribution in [2.24, 2.45) is 0 Å². The summed E-state index contributed by atoms with van der Waals surface area (Å²) in [6, 6.07) is 13.7. The van der Waals surface area contributed by atoms with Gasteiger partial charge in [-0.1, -0.05) is 29.8 Å². The second kappa shape index (κ2) is 8.45. The predicted octanol–water partition coefficient (Wildman–Crippen LogP) is 3.35. The van der Waals surface area contributed by atoms with Crippen LogP contribution in [0.3, 0.4) is 0 Å². The molecule has 1 heterocycles. The molecule has 1 atom stereocenters. The highest BCUT2D eigenvalue weighted by atomic mass is 35.5. The summed E-state index contributed by atoms with van der Waals surface area (Å²) < 4.78 is 5.07. The van der Waals surface area contributed by atoms with Crippen LogP contribution in [0.1, 0.15) is 6.42 Å². The molecule has 8 heteroatoms. The van der Waals surface area contributed by atoms with Crippen molar-refractivity contribution in [3.8, 4) is 5.75 Å². The number of ether oxygens (including phenoxy) is 1. The summed E-state index contributed by atoms with van der Waals surface area (Å²) in [5.41, 5.74) is 1.08. The van der Waals surface area contributed by atoms with Gasteiger partial charge in [-0.25, -0.2) is 4.90 Å². The Morgan fingerprint density at radius 1 is 1.26 bits per heavy atom. The number of amides is 3. The molecule has 140 valence electrons. The topological polar surface area (TPSA) is 75.7 Å². The lowest BCUT2D eigenvalue weighted by molar-refractivity contribution is -0.121. The van der Waals surface area contributed by atoms with E-state index in [-0.39, 0.29) is 29.9 Å². The third-order valence-corrected chi connectivity index (χ3v) is 5.47. The van der Waals surface area contributed by atoms with Gasteiger partial charge in [0.25, 0.3) is 0 Å². The molecular weight excluding hydrogens is 388 g/mol. The fourth-order valence-corrected chi connectivity index (χ4v) is 3.89. The van der Waals surface area contributed by atoms with E-state index in [4.69, 9.17) is 16.3 Å². The fourth-order valence-electron chi connectivity index (χ4n) is 2.70. The first-order valence-electron chi connectivity index (χ1n) is 8.16. The first kappa shape index (κ1) is 19.3. The van der Waals surface area contributed by atoms with Crippen molar-refractivity contribution in [2.45, 2.75) is 11.7 Å². The van der Waals surface area contributed by atoms with Crippen LogP contribution in [-0.2, 0) is 14.4 Å². The molecule has 3 rings (SSSR count). The predicted molar refractivity (Wildman–Crippen MR) is 106 cm³/mol.